The SMILES string of the molecule is CC(C)(C)c1ccc(-c2cnco2)cn1. The van der Waals surface area contributed by atoms with E-state index in [-0.39, 0.29) is 5.41 Å². The van der Waals surface area contributed by atoms with Gasteiger partial charge in [-0.05, 0) is 12.1 Å². The van der Waals surface area contributed by atoms with Gasteiger partial charge in [0.05, 0.1) is 6.20 Å². The summed E-state index contributed by atoms with van der Waals surface area (Å²) >= 11 is 0. The first-order valence-corrected chi connectivity index (χ1v) is 4.93. The molecular weight excluding hydrogens is 188 g/mol. The van der Waals surface area contributed by atoms with E-state index in [4.69, 9.17) is 4.42 Å². The minimum atomic E-state index is 0.0833. The summed E-state index contributed by atoms with van der Waals surface area (Å²) in [5, 5.41) is 0. The van der Waals surface area contributed by atoms with Crippen LogP contribution in [0.15, 0.2) is 35.3 Å². The molecule has 2 aromatic heterocycles. The molecule has 0 radical (unpaired) electrons. The van der Waals surface area contributed by atoms with Gasteiger partial charge in [-0.3, -0.25) is 4.98 Å². The van der Waals surface area contributed by atoms with E-state index < -0.39 is 0 Å². The Labute approximate surface area is 89.2 Å². The molecule has 0 saturated heterocycles. The molecule has 0 atom stereocenters. The number of pyridine rings is 1. The van der Waals surface area contributed by atoms with Crippen LogP contribution >= 0.6 is 0 Å². The van der Waals surface area contributed by atoms with E-state index in [1.54, 1.807) is 6.20 Å². The van der Waals surface area contributed by atoms with Crippen LogP contribution in [0.2, 0.25) is 0 Å². The van der Waals surface area contributed by atoms with Gasteiger partial charge >= 0.3 is 0 Å². The summed E-state index contributed by atoms with van der Waals surface area (Å²) < 4.78 is 5.19. The van der Waals surface area contributed by atoms with E-state index >= 15 is 0 Å². The van der Waals surface area contributed by atoms with Crippen LogP contribution in [0.5, 0.6) is 0 Å². The first-order chi connectivity index (χ1) is 7.07. The van der Waals surface area contributed by atoms with Gasteiger partial charge in [-0.15, -0.1) is 0 Å². The molecule has 2 aromatic rings. The molecule has 3 nitrogen and oxygen atoms in total. The summed E-state index contributed by atoms with van der Waals surface area (Å²) in [7, 11) is 0. The standard InChI is InChI=1S/C12H14N2O/c1-12(2,3)11-5-4-9(6-14-11)10-7-13-8-15-10/h4-8H,1-3H3. The highest BCUT2D eigenvalue weighted by atomic mass is 16.3. The molecule has 0 fully saturated rings. The van der Waals surface area contributed by atoms with Crippen molar-refractivity contribution in [1.29, 1.82) is 0 Å². The molecule has 0 saturated carbocycles. The first kappa shape index (κ1) is 9.90. The molecule has 3 heteroatoms. The quantitative estimate of drug-likeness (QED) is 0.713. The third kappa shape index (κ3) is 2.06. The molecule has 0 spiro atoms. The van der Waals surface area contributed by atoms with E-state index in [0.29, 0.717) is 0 Å². The zero-order valence-corrected chi connectivity index (χ0v) is 9.19. The van der Waals surface area contributed by atoms with Gasteiger partial charge in [0.1, 0.15) is 0 Å². The summed E-state index contributed by atoms with van der Waals surface area (Å²) in [5.41, 5.74) is 2.12. The predicted octanol–water partition coefficient (Wildman–Crippen LogP) is 3.03. The zero-order valence-electron chi connectivity index (χ0n) is 9.19. The topological polar surface area (TPSA) is 38.9 Å². The van der Waals surface area contributed by atoms with Crippen LogP contribution < -0.4 is 0 Å². The fraction of sp³-hybridized carbons (Fsp3) is 0.333. The minimum absolute atomic E-state index is 0.0833. The van der Waals surface area contributed by atoms with Crippen LogP contribution in [0.4, 0.5) is 0 Å². The van der Waals surface area contributed by atoms with Gasteiger partial charge in [0.25, 0.3) is 0 Å². The van der Waals surface area contributed by atoms with Gasteiger partial charge in [0.15, 0.2) is 12.2 Å². The van der Waals surface area contributed by atoms with Crippen LogP contribution in [0, 0.1) is 0 Å². The molecule has 0 amide bonds. The van der Waals surface area contributed by atoms with E-state index in [9.17, 15) is 0 Å². The third-order valence-electron chi connectivity index (χ3n) is 2.25. The molecule has 0 aliphatic carbocycles. The predicted molar refractivity (Wildman–Crippen MR) is 58.4 cm³/mol. The Hall–Kier alpha value is -1.64. The summed E-state index contributed by atoms with van der Waals surface area (Å²) in [6.45, 7) is 6.43. The van der Waals surface area contributed by atoms with Gasteiger partial charge in [0, 0.05) is 22.9 Å². The maximum Gasteiger partial charge on any atom is 0.181 e. The van der Waals surface area contributed by atoms with Crippen molar-refractivity contribution < 1.29 is 4.42 Å². The van der Waals surface area contributed by atoms with E-state index in [1.165, 1.54) is 6.39 Å². The molecule has 0 N–H and O–H groups in total. The Kier molecular flexibility index (Phi) is 2.31. The molecule has 2 rings (SSSR count). The smallest absolute Gasteiger partial charge is 0.181 e. The van der Waals surface area contributed by atoms with Crippen molar-refractivity contribution in [3.63, 3.8) is 0 Å². The zero-order chi connectivity index (χ0) is 10.9. The van der Waals surface area contributed by atoms with Crippen molar-refractivity contribution in [2.24, 2.45) is 0 Å². The average molecular weight is 202 g/mol. The molecule has 0 aliphatic rings. The highest BCUT2D eigenvalue weighted by Gasteiger charge is 2.15. The summed E-state index contributed by atoms with van der Waals surface area (Å²) in [6.07, 6.45) is 4.93. The Balaban J connectivity index is 2.33. The third-order valence-corrected chi connectivity index (χ3v) is 2.25. The highest BCUT2D eigenvalue weighted by Crippen LogP contribution is 2.23. The maximum atomic E-state index is 5.19. The molecular formula is C12H14N2O. The number of nitrogens with zero attached hydrogens (tertiary/aromatic N) is 2. The fourth-order valence-electron chi connectivity index (χ4n) is 1.34. The monoisotopic (exact) mass is 202 g/mol. The Morgan fingerprint density at radius 2 is 1.93 bits per heavy atom. The fourth-order valence-corrected chi connectivity index (χ4v) is 1.34. The van der Waals surface area contributed by atoms with Crippen LogP contribution in [-0.4, -0.2) is 9.97 Å². The maximum absolute atomic E-state index is 5.19. The summed E-state index contributed by atoms with van der Waals surface area (Å²) in [5.74, 6) is 0.753. The van der Waals surface area contributed by atoms with E-state index in [0.717, 1.165) is 17.0 Å². The number of hydrogen-bond donors (Lipinski definition) is 0. The minimum Gasteiger partial charge on any atom is -0.443 e. The molecule has 0 bridgehead atoms. The van der Waals surface area contributed by atoms with Crippen molar-refractivity contribution in [2.45, 2.75) is 26.2 Å². The van der Waals surface area contributed by atoms with Crippen LogP contribution in [0.3, 0.4) is 0 Å². The molecule has 15 heavy (non-hydrogen) atoms. The van der Waals surface area contributed by atoms with Crippen molar-refractivity contribution in [3.05, 3.63) is 36.6 Å². The Bertz CT molecular complexity index is 424. The first-order valence-electron chi connectivity index (χ1n) is 4.93. The summed E-state index contributed by atoms with van der Waals surface area (Å²) in [6, 6.07) is 4.03. The van der Waals surface area contributed by atoms with Crippen molar-refractivity contribution in [3.8, 4) is 11.3 Å². The highest BCUT2D eigenvalue weighted by molar-refractivity contribution is 5.54. The normalized spacial score (nSPS) is 11.7. The lowest BCUT2D eigenvalue weighted by Crippen LogP contribution is -2.12. The van der Waals surface area contributed by atoms with Crippen LogP contribution in [0.1, 0.15) is 26.5 Å². The Morgan fingerprint density at radius 3 is 2.40 bits per heavy atom. The second kappa shape index (κ2) is 3.50. The van der Waals surface area contributed by atoms with Gasteiger partial charge in [-0.25, -0.2) is 4.98 Å². The largest absolute Gasteiger partial charge is 0.443 e. The van der Waals surface area contributed by atoms with Crippen molar-refractivity contribution in [1.82, 2.24) is 9.97 Å². The molecule has 0 unspecified atom stereocenters. The average Bonchev–Trinajstić information content (AvgIpc) is 2.69. The van der Waals surface area contributed by atoms with Crippen LogP contribution in [0.25, 0.3) is 11.3 Å². The summed E-state index contributed by atoms with van der Waals surface area (Å²) in [4.78, 5) is 8.29. The van der Waals surface area contributed by atoms with Crippen molar-refractivity contribution in [2.75, 3.05) is 0 Å². The Morgan fingerprint density at radius 1 is 1.13 bits per heavy atom. The lowest BCUT2D eigenvalue weighted by molar-refractivity contribution is 0.564. The molecule has 0 aliphatic heterocycles. The van der Waals surface area contributed by atoms with E-state index in [2.05, 4.69) is 30.7 Å². The number of oxazole rings is 1. The lowest BCUT2D eigenvalue weighted by atomic mass is 9.91. The lowest BCUT2D eigenvalue weighted by Gasteiger charge is -2.17. The van der Waals surface area contributed by atoms with E-state index in [1.807, 2.05) is 18.3 Å². The van der Waals surface area contributed by atoms with Crippen LogP contribution in [-0.2, 0) is 5.41 Å². The number of aromatic nitrogens is 2. The molecule has 78 valence electrons. The van der Waals surface area contributed by atoms with Gasteiger partial charge in [-0.2, -0.15) is 0 Å². The second-order valence-corrected chi connectivity index (χ2v) is 4.55. The molecule has 0 aromatic carbocycles. The van der Waals surface area contributed by atoms with Gasteiger partial charge < -0.3 is 4.42 Å². The van der Waals surface area contributed by atoms with Gasteiger partial charge in [-0.1, -0.05) is 20.8 Å². The number of hydrogen-bond acceptors (Lipinski definition) is 3. The molecule has 2 heterocycles. The van der Waals surface area contributed by atoms with Gasteiger partial charge in [0.2, 0.25) is 0 Å². The van der Waals surface area contributed by atoms with Crippen molar-refractivity contribution >= 4 is 0 Å². The number of rotatable bonds is 1. The second-order valence-electron chi connectivity index (χ2n) is 4.55.